The molecule has 0 amide bonds. The molecule has 0 bridgehead atoms. The molecule has 1 aliphatic heterocycles. The van der Waals surface area contributed by atoms with E-state index in [1.165, 1.54) is 0 Å². The van der Waals surface area contributed by atoms with Crippen molar-refractivity contribution in [2.45, 2.75) is 12.0 Å². The number of carbonyl (C=O) groups is 1. The Labute approximate surface area is 105 Å². The van der Waals surface area contributed by atoms with Crippen LogP contribution in [0, 0.1) is 0 Å². The first-order valence-electron chi connectivity index (χ1n) is 5.93. The average molecular weight is 239 g/mol. The number of nitrogens with zero attached hydrogens (tertiary/aromatic N) is 1. The number of pyridine rings is 1. The molecule has 1 atom stereocenters. The van der Waals surface area contributed by atoms with Gasteiger partial charge in [-0.2, -0.15) is 0 Å². The van der Waals surface area contributed by atoms with Crippen molar-refractivity contribution in [3.8, 4) is 0 Å². The van der Waals surface area contributed by atoms with Gasteiger partial charge in [0.15, 0.2) is 11.4 Å². The van der Waals surface area contributed by atoms with Crippen LogP contribution in [0.3, 0.4) is 0 Å². The quantitative estimate of drug-likeness (QED) is 0.767. The minimum absolute atomic E-state index is 0.111. The normalized spacial score (nSPS) is 21.6. The van der Waals surface area contributed by atoms with Crippen LogP contribution in [0.1, 0.15) is 11.1 Å². The second-order valence-corrected chi connectivity index (χ2v) is 4.44. The lowest BCUT2D eigenvalue weighted by Crippen LogP contribution is -2.24. The summed E-state index contributed by atoms with van der Waals surface area (Å²) in [5.41, 5.74) is 1.20. The van der Waals surface area contributed by atoms with Crippen LogP contribution in [0.4, 0.5) is 0 Å². The summed E-state index contributed by atoms with van der Waals surface area (Å²) in [4.78, 5) is 16.3. The van der Waals surface area contributed by atoms with Crippen molar-refractivity contribution in [2.24, 2.45) is 0 Å². The number of epoxide rings is 1. The number of benzene rings is 1. The maximum absolute atomic E-state index is 12.4. The summed E-state index contributed by atoms with van der Waals surface area (Å²) in [5.74, 6) is 0.111. The molecule has 0 aliphatic carbocycles. The van der Waals surface area contributed by atoms with E-state index in [1.54, 1.807) is 12.4 Å². The fraction of sp³-hybridized carbons (Fsp3) is 0.200. The van der Waals surface area contributed by atoms with Crippen molar-refractivity contribution in [2.75, 3.05) is 6.61 Å². The highest BCUT2D eigenvalue weighted by Crippen LogP contribution is 2.40. The summed E-state index contributed by atoms with van der Waals surface area (Å²) in [5, 5.41) is 0. The highest BCUT2D eigenvalue weighted by atomic mass is 16.6. The molecule has 1 fully saturated rings. The Kier molecular flexibility index (Phi) is 2.68. The van der Waals surface area contributed by atoms with Gasteiger partial charge in [0, 0.05) is 18.8 Å². The first-order valence-corrected chi connectivity index (χ1v) is 5.93. The molecule has 3 heteroatoms. The summed E-state index contributed by atoms with van der Waals surface area (Å²) in [6.07, 6.45) is 3.78. The Morgan fingerprint density at radius 3 is 2.44 bits per heavy atom. The zero-order chi connectivity index (χ0) is 12.4. The number of Topliss-reactive ketones (excluding diaryl/α,β-unsaturated/α-hetero) is 1. The molecule has 1 saturated heterocycles. The van der Waals surface area contributed by atoms with Crippen LogP contribution in [-0.4, -0.2) is 17.4 Å². The van der Waals surface area contributed by atoms with Gasteiger partial charge < -0.3 is 4.74 Å². The standard InChI is InChI=1S/C15H13NO2/c17-14(10-12-4-2-1-3-5-12)15(11-18-15)13-6-8-16-9-7-13/h1-9H,10-11H2. The van der Waals surface area contributed by atoms with Crippen LogP contribution in [0.25, 0.3) is 0 Å². The molecule has 3 nitrogen and oxygen atoms in total. The first kappa shape index (κ1) is 11.1. The predicted octanol–water partition coefficient (Wildman–Crippen LogP) is 2.12. The monoisotopic (exact) mass is 239 g/mol. The summed E-state index contributed by atoms with van der Waals surface area (Å²) in [6, 6.07) is 13.4. The van der Waals surface area contributed by atoms with E-state index in [2.05, 4.69) is 4.98 Å². The second-order valence-electron chi connectivity index (χ2n) is 4.44. The molecule has 1 aromatic carbocycles. The smallest absolute Gasteiger partial charge is 0.175 e. The summed E-state index contributed by atoms with van der Waals surface area (Å²) < 4.78 is 5.44. The van der Waals surface area contributed by atoms with Crippen molar-refractivity contribution in [1.82, 2.24) is 4.98 Å². The number of ether oxygens (including phenoxy) is 1. The number of hydrogen-bond acceptors (Lipinski definition) is 3. The highest BCUT2D eigenvalue weighted by molar-refractivity contribution is 5.92. The van der Waals surface area contributed by atoms with E-state index in [0.29, 0.717) is 13.0 Å². The topological polar surface area (TPSA) is 42.5 Å². The van der Waals surface area contributed by atoms with Crippen LogP contribution in [-0.2, 0) is 21.6 Å². The maximum atomic E-state index is 12.4. The number of carbonyl (C=O) groups excluding carboxylic acids is 1. The van der Waals surface area contributed by atoms with Crippen molar-refractivity contribution < 1.29 is 9.53 Å². The van der Waals surface area contributed by atoms with Gasteiger partial charge in [0.25, 0.3) is 0 Å². The number of hydrogen-bond donors (Lipinski definition) is 0. The Bertz CT molecular complexity index is 547. The van der Waals surface area contributed by atoms with Gasteiger partial charge >= 0.3 is 0 Å². The van der Waals surface area contributed by atoms with E-state index in [9.17, 15) is 4.79 Å². The Morgan fingerprint density at radius 2 is 1.83 bits per heavy atom. The molecule has 18 heavy (non-hydrogen) atoms. The van der Waals surface area contributed by atoms with Gasteiger partial charge in [0.1, 0.15) is 0 Å². The molecule has 3 rings (SSSR count). The highest BCUT2D eigenvalue weighted by Gasteiger charge is 2.52. The second kappa shape index (κ2) is 4.35. The van der Waals surface area contributed by atoms with Gasteiger partial charge in [-0.15, -0.1) is 0 Å². The molecule has 1 aliphatic rings. The van der Waals surface area contributed by atoms with Crippen molar-refractivity contribution >= 4 is 5.78 Å². The van der Waals surface area contributed by atoms with Crippen LogP contribution >= 0.6 is 0 Å². The van der Waals surface area contributed by atoms with Crippen molar-refractivity contribution in [1.29, 1.82) is 0 Å². The minimum atomic E-state index is -0.723. The molecule has 0 spiro atoms. The fourth-order valence-electron chi connectivity index (χ4n) is 2.11. The summed E-state index contributed by atoms with van der Waals surface area (Å²) in [7, 11) is 0. The molecule has 2 heterocycles. The number of aromatic nitrogens is 1. The van der Waals surface area contributed by atoms with Gasteiger partial charge in [-0.05, 0) is 23.3 Å². The lowest BCUT2D eigenvalue weighted by Gasteiger charge is -2.10. The third-order valence-electron chi connectivity index (χ3n) is 3.24. The first-order chi connectivity index (χ1) is 8.81. The molecule has 0 N–H and O–H groups in total. The Balaban J connectivity index is 1.81. The van der Waals surface area contributed by atoms with Crippen LogP contribution in [0.5, 0.6) is 0 Å². The molecule has 0 radical (unpaired) electrons. The fourth-order valence-corrected chi connectivity index (χ4v) is 2.11. The van der Waals surface area contributed by atoms with E-state index >= 15 is 0 Å². The lowest BCUT2D eigenvalue weighted by atomic mass is 9.92. The zero-order valence-corrected chi connectivity index (χ0v) is 9.87. The Hall–Kier alpha value is -2.00. The summed E-state index contributed by atoms with van der Waals surface area (Å²) >= 11 is 0. The maximum Gasteiger partial charge on any atom is 0.175 e. The van der Waals surface area contributed by atoms with E-state index in [0.717, 1.165) is 11.1 Å². The van der Waals surface area contributed by atoms with Crippen molar-refractivity contribution in [3.05, 3.63) is 66.0 Å². The average Bonchev–Trinajstić information content (AvgIpc) is 3.22. The Morgan fingerprint density at radius 1 is 1.17 bits per heavy atom. The molecule has 1 aromatic heterocycles. The largest absolute Gasteiger partial charge is 0.356 e. The molecule has 2 aromatic rings. The molecule has 0 saturated carbocycles. The van der Waals surface area contributed by atoms with E-state index in [1.807, 2.05) is 42.5 Å². The minimum Gasteiger partial charge on any atom is -0.356 e. The van der Waals surface area contributed by atoms with Gasteiger partial charge in [0.05, 0.1) is 6.61 Å². The van der Waals surface area contributed by atoms with E-state index < -0.39 is 5.60 Å². The predicted molar refractivity (Wildman–Crippen MR) is 67.0 cm³/mol. The van der Waals surface area contributed by atoms with Crippen molar-refractivity contribution in [3.63, 3.8) is 0 Å². The van der Waals surface area contributed by atoms with E-state index in [-0.39, 0.29) is 5.78 Å². The van der Waals surface area contributed by atoms with Gasteiger partial charge in [-0.3, -0.25) is 9.78 Å². The number of ketones is 1. The van der Waals surface area contributed by atoms with Crippen LogP contribution in [0.2, 0.25) is 0 Å². The van der Waals surface area contributed by atoms with Gasteiger partial charge in [-0.1, -0.05) is 30.3 Å². The summed E-state index contributed by atoms with van der Waals surface area (Å²) in [6.45, 7) is 0.475. The van der Waals surface area contributed by atoms with Gasteiger partial charge in [0.2, 0.25) is 0 Å². The van der Waals surface area contributed by atoms with Crippen LogP contribution in [0.15, 0.2) is 54.9 Å². The SMILES string of the molecule is O=C(Cc1ccccc1)C1(c2ccncc2)CO1. The third-order valence-corrected chi connectivity index (χ3v) is 3.24. The third kappa shape index (κ3) is 1.93. The molecule has 90 valence electrons. The molecular formula is C15H13NO2. The molecule has 1 unspecified atom stereocenters. The van der Waals surface area contributed by atoms with E-state index in [4.69, 9.17) is 4.74 Å². The molecular weight excluding hydrogens is 226 g/mol. The van der Waals surface area contributed by atoms with Gasteiger partial charge in [-0.25, -0.2) is 0 Å². The zero-order valence-electron chi connectivity index (χ0n) is 9.87. The lowest BCUT2D eigenvalue weighted by molar-refractivity contribution is -0.123. The van der Waals surface area contributed by atoms with Crippen LogP contribution < -0.4 is 0 Å². The number of rotatable bonds is 4.